The topological polar surface area (TPSA) is 66.8 Å². The normalized spacial score (nSPS) is 35.1. The largest absolute Gasteiger partial charge is 0.493 e. The third kappa shape index (κ3) is 3.43. The number of carbonyl (C=O) groups excluding carboxylic acids is 1. The van der Waals surface area contributed by atoms with Crippen LogP contribution in [0.2, 0.25) is 0 Å². The maximum Gasteiger partial charge on any atom is 0.326 e. The van der Waals surface area contributed by atoms with Gasteiger partial charge >= 0.3 is 5.97 Å². The van der Waals surface area contributed by atoms with Gasteiger partial charge in [-0.25, -0.2) is 4.79 Å². The molecule has 0 radical (unpaired) electrons. The van der Waals surface area contributed by atoms with Gasteiger partial charge in [-0.3, -0.25) is 4.79 Å². The van der Waals surface area contributed by atoms with E-state index in [0.717, 1.165) is 42.1 Å². The molecule has 1 atom stereocenters. The second kappa shape index (κ2) is 7.03. The predicted octanol–water partition coefficient (Wildman–Crippen LogP) is 4.28. The molecular weight excluding hydrogens is 366 g/mol. The fraction of sp³-hybridized carbons (Fsp3) is 0.667. The molecule has 0 aromatic heterocycles. The second-order valence-corrected chi connectivity index (χ2v) is 10.2. The van der Waals surface area contributed by atoms with Gasteiger partial charge < -0.3 is 14.7 Å². The number of carboxylic acids is 1. The van der Waals surface area contributed by atoms with E-state index in [1.54, 1.807) is 6.07 Å². The van der Waals surface area contributed by atoms with E-state index in [9.17, 15) is 14.7 Å². The number of carbonyl (C=O) groups is 2. The minimum absolute atomic E-state index is 0.189. The summed E-state index contributed by atoms with van der Waals surface area (Å²) in [6, 6.07) is 4.85. The molecule has 0 spiro atoms. The molecule has 1 amide bonds. The molecule has 1 N–H and O–H groups in total. The van der Waals surface area contributed by atoms with Gasteiger partial charge in [0.15, 0.2) is 0 Å². The highest BCUT2D eigenvalue weighted by Gasteiger charge is 2.51. The summed E-state index contributed by atoms with van der Waals surface area (Å²) in [6.45, 7) is 3.28. The van der Waals surface area contributed by atoms with Crippen LogP contribution in [0.1, 0.15) is 67.3 Å². The highest BCUT2D eigenvalue weighted by atomic mass is 16.5. The molecule has 1 saturated heterocycles. The first-order valence-electron chi connectivity index (χ1n) is 11.2. The number of likely N-dealkylation sites (tertiary alicyclic amines) is 1. The molecule has 4 bridgehead atoms. The van der Waals surface area contributed by atoms with Crippen molar-refractivity contribution in [2.24, 2.45) is 23.2 Å². The smallest absolute Gasteiger partial charge is 0.326 e. The molecule has 5 nitrogen and oxygen atoms in total. The first-order chi connectivity index (χ1) is 13.9. The average molecular weight is 398 g/mol. The Morgan fingerprint density at radius 2 is 1.79 bits per heavy atom. The number of benzene rings is 1. The zero-order chi connectivity index (χ0) is 20.2. The maximum atomic E-state index is 12.8. The van der Waals surface area contributed by atoms with Crippen LogP contribution < -0.4 is 4.74 Å². The van der Waals surface area contributed by atoms with Crippen LogP contribution in [0, 0.1) is 30.1 Å². The summed E-state index contributed by atoms with van der Waals surface area (Å²) < 4.78 is 6.32. The van der Waals surface area contributed by atoms with E-state index in [2.05, 4.69) is 0 Å². The van der Waals surface area contributed by atoms with Gasteiger partial charge in [-0.1, -0.05) is 0 Å². The number of nitrogens with zero attached hydrogens (tertiary/aromatic N) is 1. The van der Waals surface area contributed by atoms with Crippen molar-refractivity contribution < 1.29 is 19.4 Å². The molecule has 0 unspecified atom stereocenters. The van der Waals surface area contributed by atoms with E-state index in [1.165, 1.54) is 43.4 Å². The summed E-state index contributed by atoms with van der Waals surface area (Å²) in [5.74, 6) is 2.48. The fourth-order valence-electron chi connectivity index (χ4n) is 7.07. The van der Waals surface area contributed by atoms with Gasteiger partial charge in [-0.05, 0) is 99.8 Å². The number of rotatable bonds is 5. The molecule has 1 aliphatic heterocycles. The number of ether oxygens (including phenoxy) is 1. The highest BCUT2D eigenvalue weighted by Crippen LogP contribution is 2.60. The van der Waals surface area contributed by atoms with Gasteiger partial charge in [0.1, 0.15) is 11.8 Å². The van der Waals surface area contributed by atoms with Crippen molar-refractivity contribution in [2.75, 3.05) is 13.2 Å². The van der Waals surface area contributed by atoms with E-state index >= 15 is 0 Å². The molecule has 29 heavy (non-hydrogen) atoms. The zero-order valence-corrected chi connectivity index (χ0v) is 17.2. The van der Waals surface area contributed by atoms with Crippen molar-refractivity contribution in [3.63, 3.8) is 0 Å². The van der Waals surface area contributed by atoms with Crippen LogP contribution in [0.25, 0.3) is 0 Å². The predicted molar refractivity (Wildman–Crippen MR) is 109 cm³/mol. The quantitative estimate of drug-likeness (QED) is 0.805. The average Bonchev–Trinajstić information content (AvgIpc) is 3.15. The van der Waals surface area contributed by atoms with E-state index < -0.39 is 12.0 Å². The molecule has 5 fully saturated rings. The Kier molecular flexibility index (Phi) is 4.60. The molecular formula is C24H31NO4. The molecule has 5 aliphatic rings. The lowest BCUT2D eigenvalue weighted by molar-refractivity contribution is -0.141. The number of aryl methyl sites for hydroxylation is 1. The summed E-state index contributed by atoms with van der Waals surface area (Å²) in [4.78, 5) is 25.7. The van der Waals surface area contributed by atoms with E-state index in [0.29, 0.717) is 23.9 Å². The monoisotopic (exact) mass is 397 g/mol. The Hall–Kier alpha value is -2.04. The van der Waals surface area contributed by atoms with Gasteiger partial charge in [-0.2, -0.15) is 0 Å². The van der Waals surface area contributed by atoms with Crippen LogP contribution >= 0.6 is 0 Å². The fourth-order valence-corrected chi connectivity index (χ4v) is 7.07. The van der Waals surface area contributed by atoms with Gasteiger partial charge in [0.2, 0.25) is 0 Å². The lowest BCUT2D eigenvalue weighted by Crippen LogP contribution is -2.48. The minimum atomic E-state index is -0.914. The lowest BCUT2D eigenvalue weighted by atomic mass is 9.50. The molecule has 4 saturated carbocycles. The van der Waals surface area contributed by atoms with Crippen LogP contribution in [0.5, 0.6) is 5.75 Å². The summed E-state index contributed by atoms with van der Waals surface area (Å²) in [6.07, 6.45) is 9.54. The Bertz CT molecular complexity index is 797. The number of carboxylic acid groups (broad SMARTS) is 1. The minimum Gasteiger partial charge on any atom is -0.493 e. The standard InChI is InChI=1S/C24H31NO4/c1-15-7-19(22(26)25-6-2-3-20(25)23(27)28)4-5-21(15)29-14-24-11-16-8-17(12-24)10-18(9-16)13-24/h4-5,7,16-18,20H,2-3,6,8-14H2,1H3,(H,27,28)/t16?,17?,18?,20-,24?/m0/s1. The van der Waals surface area contributed by atoms with Crippen molar-refractivity contribution in [1.29, 1.82) is 0 Å². The number of hydrogen-bond acceptors (Lipinski definition) is 3. The highest BCUT2D eigenvalue weighted by molar-refractivity contribution is 5.97. The lowest BCUT2D eigenvalue weighted by Gasteiger charge is -2.56. The van der Waals surface area contributed by atoms with Gasteiger partial charge in [0.05, 0.1) is 6.61 Å². The van der Waals surface area contributed by atoms with Crippen molar-refractivity contribution in [2.45, 2.75) is 64.3 Å². The molecule has 1 heterocycles. The van der Waals surface area contributed by atoms with E-state index in [4.69, 9.17) is 4.74 Å². The molecule has 5 heteroatoms. The van der Waals surface area contributed by atoms with Crippen molar-refractivity contribution in [1.82, 2.24) is 4.90 Å². The van der Waals surface area contributed by atoms with Gasteiger partial charge in [0.25, 0.3) is 5.91 Å². The van der Waals surface area contributed by atoms with Crippen LogP contribution in [0.4, 0.5) is 0 Å². The van der Waals surface area contributed by atoms with Gasteiger partial charge in [0, 0.05) is 17.5 Å². The summed E-state index contributed by atoms with van der Waals surface area (Å²) in [5, 5.41) is 9.35. The Morgan fingerprint density at radius 3 is 2.38 bits per heavy atom. The van der Waals surface area contributed by atoms with Crippen LogP contribution in [-0.4, -0.2) is 41.1 Å². The first-order valence-corrected chi connectivity index (χ1v) is 11.2. The number of hydrogen-bond donors (Lipinski definition) is 1. The van der Waals surface area contributed by atoms with Gasteiger partial charge in [-0.15, -0.1) is 0 Å². The first kappa shape index (κ1) is 19.0. The molecule has 6 rings (SSSR count). The van der Waals surface area contributed by atoms with Crippen LogP contribution in [0.3, 0.4) is 0 Å². The number of amides is 1. The third-order valence-corrected chi connectivity index (χ3v) is 7.92. The van der Waals surface area contributed by atoms with Crippen molar-refractivity contribution in [3.05, 3.63) is 29.3 Å². The van der Waals surface area contributed by atoms with Crippen molar-refractivity contribution >= 4 is 11.9 Å². The van der Waals surface area contributed by atoms with E-state index in [-0.39, 0.29) is 5.91 Å². The summed E-state index contributed by atoms with van der Waals surface area (Å²) >= 11 is 0. The molecule has 1 aromatic carbocycles. The van der Waals surface area contributed by atoms with E-state index in [1.807, 2.05) is 19.1 Å². The number of aliphatic carboxylic acids is 1. The summed E-state index contributed by atoms with van der Waals surface area (Å²) in [7, 11) is 0. The molecule has 1 aromatic rings. The van der Waals surface area contributed by atoms with Crippen LogP contribution in [0.15, 0.2) is 18.2 Å². The summed E-state index contributed by atoms with van der Waals surface area (Å²) in [5.41, 5.74) is 1.87. The maximum absolute atomic E-state index is 12.8. The SMILES string of the molecule is Cc1cc(C(=O)N2CCC[C@H]2C(=O)O)ccc1OCC12CC3CC(CC(C3)C1)C2. The Balaban J connectivity index is 1.27. The zero-order valence-electron chi connectivity index (χ0n) is 17.2. The second-order valence-electron chi connectivity index (χ2n) is 10.2. The molecule has 4 aliphatic carbocycles. The molecule has 156 valence electrons. The Morgan fingerprint density at radius 1 is 1.14 bits per heavy atom. The van der Waals surface area contributed by atoms with Crippen LogP contribution in [-0.2, 0) is 4.79 Å². The third-order valence-electron chi connectivity index (χ3n) is 7.92. The Labute approximate surface area is 172 Å². The van der Waals surface area contributed by atoms with Crippen molar-refractivity contribution in [3.8, 4) is 5.75 Å².